The van der Waals surface area contributed by atoms with Gasteiger partial charge in [-0.3, -0.25) is 14.4 Å². The summed E-state index contributed by atoms with van der Waals surface area (Å²) in [6, 6.07) is 11.4. The Labute approximate surface area is 211 Å². The molecule has 0 aromatic heterocycles. The summed E-state index contributed by atoms with van der Waals surface area (Å²) in [5.41, 5.74) is 7.49. The van der Waals surface area contributed by atoms with Gasteiger partial charge in [0.2, 0.25) is 0 Å². The number of carbonyl (C=O) groups excluding carboxylic acids is 3. The molecule has 0 bridgehead atoms. The smallest absolute Gasteiger partial charge is 0.163 e. The minimum Gasteiger partial charge on any atom is -0.496 e. The minimum atomic E-state index is -0.0803. The summed E-state index contributed by atoms with van der Waals surface area (Å²) in [5, 5.41) is 0. The zero-order valence-corrected chi connectivity index (χ0v) is 21.5. The quantitative estimate of drug-likeness (QED) is 0.339. The van der Waals surface area contributed by atoms with Crippen LogP contribution in [0.5, 0.6) is 17.2 Å². The molecule has 0 N–H and O–H groups in total. The van der Waals surface area contributed by atoms with Crippen molar-refractivity contribution >= 4 is 17.3 Å². The molecule has 0 aliphatic heterocycles. The van der Waals surface area contributed by atoms with Crippen LogP contribution in [0.2, 0.25) is 0 Å². The van der Waals surface area contributed by atoms with E-state index < -0.39 is 0 Å². The van der Waals surface area contributed by atoms with Gasteiger partial charge in [-0.15, -0.1) is 0 Å². The van der Waals surface area contributed by atoms with Crippen LogP contribution < -0.4 is 14.2 Å². The van der Waals surface area contributed by atoms with Crippen LogP contribution >= 0.6 is 0 Å². The Morgan fingerprint density at radius 1 is 0.472 bits per heavy atom. The van der Waals surface area contributed by atoms with Crippen molar-refractivity contribution in [2.75, 3.05) is 21.3 Å². The van der Waals surface area contributed by atoms with Crippen molar-refractivity contribution in [2.45, 2.75) is 40.0 Å². The van der Waals surface area contributed by atoms with Crippen LogP contribution in [-0.4, -0.2) is 38.7 Å². The fourth-order valence-electron chi connectivity index (χ4n) is 4.94. The molecule has 36 heavy (non-hydrogen) atoms. The monoisotopic (exact) mass is 486 g/mol. The molecule has 0 fully saturated rings. The number of fused-ring (bicyclic) bond motifs is 3. The molecule has 0 radical (unpaired) electrons. The number of carbonyl (C=O) groups is 3. The highest BCUT2D eigenvalue weighted by Gasteiger charge is 2.23. The molecular formula is C30H30O6. The first-order valence-electron chi connectivity index (χ1n) is 11.8. The lowest BCUT2D eigenvalue weighted by molar-refractivity contribution is 0.100. The molecule has 0 spiro atoms. The van der Waals surface area contributed by atoms with Gasteiger partial charge in [0.15, 0.2) is 17.3 Å². The maximum Gasteiger partial charge on any atom is 0.163 e. The molecule has 0 heterocycles. The molecule has 186 valence electrons. The van der Waals surface area contributed by atoms with E-state index in [1.54, 1.807) is 21.3 Å². The summed E-state index contributed by atoms with van der Waals surface area (Å²) >= 11 is 0. The Hall–Kier alpha value is -3.93. The molecule has 0 saturated carbocycles. The van der Waals surface area contributed by atoms with Crippen LogP contribution in [-0.2, 0) is 19.3 Å². The first-order valence-corrected chi connectivity index (χ1v) is 11.8. The van der Waals surface area contributed by atoms with Crippen molar-refractivity contribution in [3.63, 3.8) is 0 Å². The third-order valence-corrected chi connectivity index (χ3v) is 6.85. The molecule has 0 amide bonds. The second-order valence-electron chi connectivity index (χ2n) is 9.16. The minimum absolute atomic E-state index is 0.0803. The van der Waals surface area contributed by atoms with Crippen molar-refractivity contribution in [1.82, 2.24) is 0 Å². The summed E-state index contributed by atoms with van der Waals surface area (Å²) in [7, 11) is 4.66. The molecule has 3 aromatic rings. The van der Waals surface area contributed by atoms with E-state index in [-0.39, 0.29) is 17.3 Å². The van der Waals surface area contributed by atoms with Gasteiger partial charge in [-0.05, 0) is 110 Å². The Kier molecular flexibility index (Phi) is 6.97. The lowest BCUT2D eigenvalue weighted by atomic mass is 9.91. The number of benzene rings is 3. The van der Waals surface area contributed by atoms with Gasteiger partial charge in [0, 0.05) is 0 Å². The van der Waals surface area contributed by atoms with Crippen LogP contribution in [0.3, 0.4) is 0 Å². The van der Waals surface area contributed by atoms with E-state index in [2.05, 4.69) is 0 Å². The zero-order chi connectivity index (χ0) is 26.1. The molecule has 6 heteroatoms. The molecule has 0 saturated heterocycles. The van der Waals surface area contributed by atoms with Crippen LogP contribution in [0.4, 0.5) is 0 Å². The SMILES string of the molecule is COc1cc2c(cc1C(C)=O)Cc1cc(OC)c(C(C)=O)cc1Cc1cc(OC)c(C(C)=O)cc1C2. The van der Waals surface area contributed by atoms with Crippen molar-refractivity contribution in [1.29, 1.82) is 0 Å². The summed E-state index contributed by atoms with van der Waals surface area (Å²) < 4.78 is 16.7. The summed E-state index contributed by atoms with van der Waals surface area (Å²) in [6.45, 7) is 4.57. The van der Waals surface area contributed by atoms with Gasteiger partial charge in [-0.25, -0.2) is 0 Å². The topological polar surface area (TPSA) is 78.9 Å². The molecular weight excluding hydrogens is 456 g/mol. The fraction of sp³-hybridized carbons (Fsp3) is 0.300. The molecule has 0 atom stereocenters. The molecule has 0 unspecified atom stereocenters. The van der Waals surface area contributed by atoms with Crippen molar-refractivity contribution in [3.8, 4) is 17.2 Å². The van der Waals surface area contributed by atoms with Gasteiger partial charge in [-0.2, -0.15) is 0 Å². The van der Waals surface area contributed by atoms with Gasteiger partial charge in [0.25, 0.3) is 0 Å². The molecule has 1 aliphatic carbocycles. The second kappa shape index (κ2) is 9.97. The first kappa shape index (κ1) is 25.2. The highest BCUT2D eigenvalue weighted by Crippen LogP contribution is 2.36. The largest absolute Gasteiger partial charge is 0.496 e. The average molecular weight is 487 g/mol. The maximum absolute atomic E-state index is 12.4. The summed E-state index contributed by atoms with van der Waals surface area (Å²) in [6.07, 6.45) is 1.65. The third kappa shape index (κ3) is 4.63. The second-order valence-corrected chi connectivity index (χ2v) is 9.16. The van der Waals surface area contributed by atoms with E-state index in [0.29, 0.717) is 53.2 Å². The Morgan fingerprint density at radius 2 is 0.694 bits per heavy atom. The van der Waals surface area contributed by atoms with Crippen LogP contribution in [0.15, 0.2) is 36.4 Å². The molecule has 3 aromatic carbocycles. The number of hydrogen-bond donors (Lipinski definition) is 0. The Bertz CT molecular complexity index is 1230. The van der Waals surface area contributed by atoms with Gasteiger partial charge in [0.1, 0.15) is 17.2 Å². The van der Waals surface area contributed by atoms with E-state index in [9.17, 15) is 14.4 Å². The Morgan fingerprint density at radius 3 is 0.889 bits per heavy atom. The number of Topliss-reactive ketones (excluding diaryl/α,β-unsaturated/α-hetero) is 3. The molecule has 6 nitrogen and oxygen atoms in total. The van der Waals surface area contributed by atoms with Crippen LogP contribution in [0, 0.1) is 0 Å². The van der Waals surface area contributed by atoms with E-state index in [0.717, 1.165) is 33.4 Å². The van der Waals surface area contributed by atoms with Gasteiger partial charge in [-0.1, -0.05) is 0 Å². The number of ether oxygens (including phenoxy) is 3. The molecule has 1 aliphatic rings. The summed E-state index contributed by atoms with van der Waals surface area (Å²) in [4.78, 5) is 37.2. The van der Waals surface area contributed by atoms with Crippen molar-refractivity contribution < 1.29 is 28.6 Å². The van der Waals surface area contributed by atoms with E-state index in [1.807, 2.05) is 36.4 Å². The third-order valence-electron chi connectivity index (χ3n) is 6.85. The van der Waals surface area contributed by atoms with Crippen LogP contribution in [0.1, 0.15) is 85.2 Å². The molecule has 4 rings (SSSR count). The van der Waals surface area contributed by atoms with Gasteiger partial charge >= 0.3 is 0 Å². The number of methoxy groups -OCH3 is 3. The highest BCUT2D eigenvalue weighted by atomic mass is 16.5. The normalized spacial score (nSPS) is 12.2. The lowest BCUT2D eigenvalue weighted by Gasteiger charge is -2.16. The van der Waals surface area contributed by atoms with Gasteiger partial charge < -0.3 is 14.2 Å². The summed E-state index contributed by atoms with van der Waals surface area (Å²) in [5.74, 6) is 1.32. The van der Waals surface area contributed by atoms with E-state index in [4.69, 9.17) is 14.2 Å². The lowest BCUT2D eigenvalue weighted by Crippen LogP contribution is -2.06. The van der Waals surface area contributed by atoms with Crippen molar-refractivity contribution in [2.24, 2.45) is 0 Å². The van der Waals surface area contributed by atoms with Crippen molar-refractivity contribution in [3.05, 3.63) is 86.5 Å². The highest BCUT2D eigenvalue weighted by molar-refractivity contribution is 5.98. The van der Waals surface area contributed by atoms with E-state index in [1.165, 1.54) is 20.8 Å². The van der Waals surface area contributed by atoms with E-state index >= 15 is 0 Å². The van der Waals surface area contributed by atoms with Crippen LogP contribution in [0.25, 0.3) is 0 Å². The number of rotatable bonds is 6. The predicted molar refractivity (Wildman–Crippen MR) is 137 cm³/mol. The van der Waals surface area contributed by atoms with Gasteiger partial charge in [0.05, 0.1) is 38.0 Å². The first-order chi connectivity index (χ1) is 17.2. The predicted octanol–water partition coefficient (Wildman–Crippen LogP) is 5.41. The number of ketones is 3. The maximum atomic E-state index is 12.4. The average Bonchev–Trinajstić information content (AvgIpc) is 2.90. The standard InChI is InChI=1S/C30H30O6/c1-16(31)25-10-19-7-23-14-29(35-5)27(18(3)33)12-21(23)9-24-15-30(36-6)26(17(2)32)11-20(24)8-22(19)13-28(25)34-4/h10-15H,7-9H2,1-6H3. The zero-order valence-electron chi connectivity index (χ0n) is 21.5. The number of hydrogen-bond acceptors (Lipinski definition) is 6. The Balaban J connectivity index is 2.05. The fourth-order valence-corrected chi connectivity index (χ4v) is 4.94.